The molecule has 0 atom stereocenters. The normalized spacial score (nSPS) is 11.3. The van der Waals surface area contributed by atoms with Gasteiger partial charge in [-0.2, -0.15) is 4.98 Å². The summed E-state index contributed by atoms with van der Waals surface area (Å²) < 4.78 is 19.1. The molecule has 0 saturated carbocycles. The Labute approximate surface area is 173 Å². The summed E-state index contributed by atoms with van der Waals surface area (Å²) in [5, 5.41) is 7.57. The molecule has 1 N–H and O–H groups in total. The summed E-state index contributed by atoms with van der Waals surface area (Å²) in [7, 11) is 0. The number of nitrogens with one attached hydrogen (secondary N) is 1. The molecule has 0 aliphatic carbocycles. The fourth-order valence-electron chi connectivity index (χ4n) is 3.29. The molecule has 4 rings (SSSR count). The number of aromatic nitrogens is 3. The molecule has 0 aliphatic rings. The third kappa shape index (κ3) is 3.66. The predicted octanol–water partition coefficient (Wildman–Crippen LogP) is 5.42. The lowest BCUT2D eigenvalue weighted by Gasteiger charge is -2.13. The van der Waals surface area contributed by atoms with Gasteiger partial charge in [-0.15, -0.1) is 0 Å². The zero-order chi connectivity index (χ0) is 21.4. The van der Waals surface area contributed by atoms with Gasteiger partial charge in [0.05, 0.1) is 22.3 Å². The van der Waals surface area contributed by atoms with Crippen LogP contribution in [-0.2, 0) is 0 Å². The van der Waals surface area contributed by atoms with Crippen molar-refractivity contribution in [2.45, 2.75) is 33.6 Å². The van der Waals surface area contributed by atoms with Crippen molar-refractivity contribution in [2.75, 3.05) is 5.32 Å². The summed E-state index contributed by atoms with van der Waals surface area (Å²) in [6.07, 6.45) is 0. The Morgan fingerprint density at radius 2 is 1.90 bits per heavy atom. The number of pyridine rings is 1. The highest BCUT2D eigenvalue weighted by atomic mass is 19.1. The zero-order valence-electron chi connectivity index (χ0n) is 17.2. The average Bonchev–Trinajstić information content (AvgIpc) is 3.18. The molecular weight excluding hydrogens is 383 g/mol. The molecule has 4 aromatic rings. The lowest BCUT2D eigenvalue weighted by atomic mass is 10.0. The van der Waals surface area contributed by atoms with Crippen LogP contribution in [0.25, 0.3) is 22.4 Å². The molecule has 6 nitrogen and oxygen atoms in total. The highest BCUT2D eigenvalue weighted by molar-refractivity contribution is 6.13. The van der Waals surface area contributed by atoms with Crippen molar-refractivity contribution in [3.63, 3.8) is 0 Å². The van der Waals surface area contributed by atoms with Crippen molar-refractivity contribution < 1.29 is 13.7 Å². The number of hydrogen-bond acceptors (Lipinski definition) is 5. The second-order valence-electron chi connectivity index (χ2n) is 7.54. The number of para-hydroxylation sites is 1. The van der Waals surface area contributed by atoms with Gasteiger partial charge in [0.1, 0.15) is 5.82 Å². The third-order valence-electron chi connectivity index (χ3n) is 4.84. The number of hydrogen-bond donors (Lipinski definition) is 1. The van der Waals surface area contributed by atoms with Crippen LogP contribution in [0.1, 0.15) is 47.2 Å². The van der Waals surface area contributed by atoms with Crippen molar-refractivity contribution in [1.29, 1.82) is 0 Å². The number of carbonyl (C=O) groups excluding carboxylic acids is 1. The summed E-state index contributed by atoms with van der Waals surface area (Å²) in [6, 6.07) is 11.5. The number of anilines is 1. The Bertz CT molecular complexity index is 1260. The summed E-state index contributed by atoms with van der Waals surface area (Å²) in [5.74, 6) is 0.343. The predicted molar refractivity (Wildman–Crippen MR) is 113 cm³/mol. The number of rotatable bonds is 4. The van der Waals surface area contributed by atoms with Gasteiger partial charge >= 0.3 is 0 Å². The maximum atomic E-state index is 13.6. The van der Waals surface area contributed by atoms with Crippen molar-refractivity contribution in [3.05, 3.63) is 70.9 Å². The molecule has 2 aromatic heterocycles. The molecule has 30 heavy (non-hydrogen) atoms. The molecular formula is C23H21FN4O2. The van der Waals surface area contributed by atoms with E-state index < -0.39 is 5.82 Å². The van der Waals surface area contributed by atoms with Crippen molar-refractivity contribution in [1.82, 2.24) is 15.1 Å². The van der Waals surface area contributed by atoms with E-state index in [0.717, 1.165) is 5.56 Å². The minimum absolute atomic E-state index is 0.122. The molecule has 2 aromatic carbocycles. The molecule has 0 bridgehead atoms. The topological polar surface area (TPSA) is 80.9 Å². The molecule has 0 unspecified atom stereocenters. The van der Waals surface area contributed by atoms with E-state index in [1.807, 2.05) is 39.0 Å². The van der Waals surface area contributed by atoms with Crippen molar-refractivity contribution >= 4 is 22.5 Å². The number of carbonyl (C=O) groups is 1. The van der Waals surface area contributed by atoms with Crippen LogP contribution in [0.5, 0.6) is 0 Å². The van der Waals surface area contributed by atoms with E-state index in [9.17, 15) is 9.18 Å². The average molecular weight is 404 g/mol. The molecule has 0 saturated heterocycles. The fourth-order valence-corrected chi connectivity index (χ4v) is 3.29. The first-order valence-corrected chi connectivity index (χ1v) is 9.65. The van der Waals surface area contributed by atoms with E-state index >= 15 is 0 Å². The van der Waals surface area contributed by atoms with Gasteiger partial charge in [0.15, 0.2) is 5.82 Å². The van der Waals surface area contributed by atoms with Gasteiger partial charge in [0, 0.05) is 23.1 Å². The van der Waals surface area contributed by atoms with Crippen LogP contribution in [0.3, 0.4) is 0 Å². The minimum Gasteiger partial charge on any atom is -0.334 e. The lowest BCUT2D eigenvalue weighted by Crippen LogP contribution is -2.15. The third-order valence-corrected chi connectivity index (χ3v) is 4.84. The zero-order valence-corrected chi connectivity index (χ0v) is 17.2. The maximum Gasteiger partial charge on any atom is 0.260 e. The van der Waals surface area contributed by atoms with Gasteiger partial charge in [0.2, 0.25) is 0 Å². The van der Waals surface area contributed by atoms with Crippen molar-refractivity contribution in [2.24, 2.45) is 0 Å². The quantitative estimate of drug-likeness (QED) is 0.491. The smallest absolute Gasteiger partial charge is 0.260 e. The second kappa shape index (κ2) is 7.67. The van der Waals surface area contributed by atoms with Gasteiger partial charge in [-0.3, -0.25) is 9.78 Å². The van der Waals surface area contributed by atoms with Gasteiger partial charge in [-0.25, -0.2) is 4.39 Å². The molecule has 0 aliphatic heterocycles. The second-order valence-corrected chi connectivity index (χ2v) is 7.54. The summed E-state index contributed by atoms with van der Waals surface area (Å²) in [6.45, 7) is 7.62. The standard InChI is InChI=1S/C23H21FN4O2/c1-12(2)21-27-23(30-28-21)17-7-5-6-13(3)20(17)26-22(29)18-10-14(4)25-19-11-15(24)8-9-16(18)19/h5-12H,1-4H3,(H,26,29). The Balaban J connectivity index is 1.77. The van der Waals surface area contributed by atoms with Gasteiger partial charge in [-0.1, -0.05) is 31.1 Å². The molecule has 152 valence electrons. The Morgan fingerprint density at radius 1 is 1.10 bits per heavy atom. The largest absolute Gasteiger partial charge is 0.334 e. The van der Waals surface area contributed by atoms with Crippen LogP contribution in [0.2, 0.25) is 0 Å². The summed E-state index contributed by atoms with van der Waals surface area (Å²) >= 11 is 0. The van der Waals surface area contributed by atoms with Gasteiger partial charge < -0.3 is 9.84 Å². The number of aryl methyl sites for hydroxylation is 2. The van der Waals surface area contributed by atoms with Crippen LogP contribution in [0.4, 0.5) is 10.1 Å². The number of fused-ring (bicyclic) bond motifs is 1. The molecule has 7 heteroatoms. The van der Waals surface area contributed by atoms with E-state index in [2.05, 4.69) is 20.4 Å². The van der Waals surface area contributed by atoms with Crippen molar-refractivity contribution in [3.8, 4) is 11.5 Å². The van der Waals surface area contributed by atoms with E-state index in [1.165, 1.54) is 12.1 Å². The Hall–Kier alpha value is -3.61. The van der Waals surface area contributed by atoms with E-state index in [-0.39, 0.29) is 11.8 Å². The lowest BCUT2D eigenvalue weighted by molar-refractivity contribution is 0.102. The summed E-state index contributed by atoms with van der Waals surface area (Å²) in [4.78, 5) is 22.0. The first kappa shape index (κ1) is 19.7. The van der Waals surface area contributed by atoms with Crippen LogP contribution in [-0.4, -0.2) is 21.0 Å². The summed E-state index contributed by atoms with van der Waals surface area (Å²) in [5.41, 5.74) is 3.56. The molecule has 2 heterocycles. The first-order chi connectivity index (χ1) is 14.3. The van der Waals surface area contributed by atoms with Crippen LogP contribution < -0.4 is 5.32 Å². The monoisotopic (exact) mass is 404 g/mol. The van der Waals surface area contributed by atoms with Crippen LogP contribution in [0.15, 0.2) is 47.0 Å². The van der Waals surface area contributed by atoms with E-state index in [1.54, 1.807) is 19.1 Å². The number of amides is 1. The van der Waals surface area contributed by atoms with E-state index in [4.69, 9.17) is 4.52 Å². The SMILES string of the molecule is Cc1cc(C(=O)Nc2c(C)cccc2-c2nc(C(C)C)no2)c2ccc(F)cc2n1. The van der Waals surface area contributed by atoms with Crippen LogP contribution in [0, 0.1) is 19.7 Å². The molecule has 0 spiro atoms. The molecule has 1 amide bonds. The Kier molecular flexibility index (Phi) is 5.03. The minimum atomic E-state index is -0.398. The number of nitrogens with zero attached hydrogens (tertiary/aromatic N) is 3. The van der Waals surface area contributed by atoms with E-state index in [0.29, 0.717) is 45.1 Å². The molecule has 0 fully saturated rings. The maximum absolute atomic E-state index is 13.6. The Morgan fingerprint density at radius 3 is 2.63 bits per heavy atom. The van der Waals surface area contributed by atoms with Gasteiger partial charge in [-0.05, 0) is 43.7 Å². The number of benzene rings is 2. The number of halogens is 1. The van der Waals surface area contributed by atoms with Crippen LogP contribution >= 0.6 is 0 Å². The highest BCUT2D eigenvalue weighted by Crippen LogP contribution is 2.31. The fraction of sp³-hybridized carbons (Fsp3) is 0.217. The first-order valence-electron chi connectivity index (χ1n) is 9.65. The van der Waals surface area contributed by atoms with Gasteiger partial charge in [0.25, 0.3) is 11.8 Å². The molecule has 0 radical (unpaired) electrons. The highest BCUT2D eigenvalue weighted by Gasteiger charge is 2.19.